The maximum atomic E-state index is 12.9. The van der Waals surface area contributed by atoms with Gasteiger partial charge in [-0.25, -0.2) is 8.78 Å². The van der Waals surface area contributed by atoms with E-state index in [2.05, 4.69) is 5.32 Å². The van der Waals surface area contributed by atoms with E-state index in [1.54, 1.807) is 7.05 Å². The van der Waals surface area contributed by atoms with Gasteiger partial charge in [-0.3, -0.25) is 0 Å². The van der Waals surface area contributed by atoms with Gasteiger partial charge in [-0.05, 0) is 19.2 Å². The summed E-state index contributed by atoms with van der Waals surface area (Å²) in [4.78, 5) is 0. The number of hydrogen-bond donors (Lipinski definition) is 1. The Morgan fingerprint density at radius 3 is 2.67 bits per heavy atom. The number of hydrogen-bond acceptors (Lipinski definition) is 1. The Balaban J connectivity index is 3.09. The highest BCUT2D eigenvalue weighted by atomic mass is 35.5. The van der Waals surface area contributed by atoms with E-state index in [-0.39, 0.29) is 17.1 Å². The van der Waals surface area contributed by atoms with Gasteiger partial charge in [0.05, 0.1) is 0 Å². The molecule has 0 unspecified atom stereocenters. The molecule has 0 spiro atoms. The standard InChI is InChI=1S/C8H8ClF2N/c1-12-4-5-2-6(9)3-7(10)8(5)11/h2-3,12H,4H2,1H3. The van der Waals surface area contributed by atoms with Gasteiger partial charge >= 0.3 is 0 Å². The van der Waals surface area contributed by atoms with Crippen LogP contribution in [0.5, 0.6) is 0 Å². The molecule has 0 heterocycles. The summed E-state index contributed by atoms with van der Waals surface area (Å²) in [6.45, 7) is 0.267. The van der Waals surface area contributed by atoms with Gasteiger partial charge in [0.15, 0.2) is 11.6 Å². The summed E-state index contributed by atoms with van der Waals surface area (Å²) in [6, 6.07) is 2.35. The Morgan fingerprint density at radius 2 is 2.08 bits per heavy atom. The molecule has 1 nitrogen and oxygen atoms in total. The topological polar surface area (TPSA) is 12.0 Å². The quantitative estimate of drug-likeness (QED) is 0.708. The second-order valence-electron chi connectivity index (χ2n) is 2.39. The molecule has 0 radical (unpaired) electrons. The molecule has 0 aliphatic carbocycles. The lowest BCUT2D eigenvalue weighted by Crippen LogP contribution is -2.07. The summed E-state index contributed by atoms with van der Waals surface area (Å²) in [6.07, 6.45) is 0. The highest BCUT2D eigenvalue weighted by Crippen LogP contribution is 2.18. The Kier molecular flexibility index (Phi) is 3.00. The molecule has 0 bridgehead atoms. The first kappa shape index (κ1) is 9.42. The minimum Gasteiger partial charge on any atom is -0.316 e. The maximum absolute atomic E-state index is 12.9. The van der Waals surface area contributed by atoms with E-state index in [0.29, 0.717) is 0 Å². The highest BCUT2D eigenvalue weighted by Gasteiger charge is 2.08. The minimum absolute atomic E-state index is 0.208. The van der Waals surface area contributed by atoms with Crippen molar-refractivity contribution in [2.75, 3.05) is 7.05 Å². The van der Waals surface area contributed by atoms with E-state index in [9.17, 15) is 8.78 Å². The predicted octanol–water partition coefficient (Wildman–Crippen LogP) is 2.34. The summed E-state index contributed by atoms with van der Waals surface area (Å²) in [7, 11) is 1.65. The predicted molar refractivity (Wildman–Crippen MR) is 44.1 cm³/mol. The van der Waals surface area contributed by atoms with E-state index >= 15 is 0 Å². The zero-order chi connectivity index (χ0) is 9.14. The van der Waals surface area contributed by atoms with Crippen LogP contribution in [0.3, 0.4) is 0 Å². The molecule has 1 N–H and O–H groups in total. The van der Waals surface area contributed by atoms with Crippen LogP contribution in [0.25, 0.3) is 0 Å². The van der Waals surface area contributed by atoms with Gasteiger partial charge in [-0.1, -0.05) is 11.6 Å². The van der Waals surface area contributed by atoms with Crippen molar-refractivity contribution < 1.29 is 8.78 Å². The lowest BCUT2D eigenvalue weighted by Gasteiger charge is -2.03. The molecule has 12 heavy (non-hydrogen) atoms. The zero-order valence-electron chi connectivity index (χ0n) is 6.50. The van der Waals surface area contributed by atoms with Crippen LogP contribution >= 0.6 is 11.6 Å². The van der Waals surface area contributed by atoms with E-state index in [4.69, 9.17) is 11.6 Å². The van der Waals surface area contributed by atoms with Crippen LogP contribution < -0.4 is 5.32 Å². The van der Waals surface area contributed by atoms with E-state index < -0.39 is 11.6 Å². The number of benzene rings is 1. The molecule has 4 heteroatoms. The molecule has 0 aliphatic heterocycles. The van der Waals surface area contributed by atoms with Crippen molar-refractivity contribution in [3.8, 4) is 0 Å². The molecule has 0 aromatic heterocycles. The highest BCUT2D eigenvalue weighted by molar-refractivity contribution is 6.30. The number of rotatable bonds is 2. The summed E-state index contributed by atoms with van der Waals surface area (Å²) in [5, 5.41) is 2.92. The first-order valence-corrected chi connectivity index (χ1v) is 3.81. The van der Waals surface area contributed by atoms with Crippen molar-refractivity contribution in [1.29, 1.82) is 0 Å². The Hall–Kier alpha value is -0.670. The third-order valence-electron chi connectivity index (χ3n) is 1.44. The van der Waals surface area contributed by atoms with Gasteiger partial charge in [-0.15, -0.1) is 0 Å². The van der Waals surface area contributed by atoms with Crippen LogP contribution in [-0.4, -0.2) is 7.05 Å². The lowest BCUT2D eigenvalue weighted by atomic mass is 10.2. The van der Waals surface area contributed by atoms with Crippen LogP contribution in [0.15, 0.2) is 12.1 Å². The SMILES string of the molecule is CNCc1cc(Cl)cc(F)c1F. The van der Waals surface area contributed by atoms with E-state index in [0.717, 1.165) is 6.07 Å². The monoisotopic (exact) mass is 191 g/mol. The fraction of sp³-hybridized carbons (Fsp3) is 0.250. The molecule has 1 aromatic rings. The van der Waals surface area contributed by atoms with Crippen molar-refractivity contribution in [3.63, 3.8) is 0 Å². The van der Waals surface area contributed by atoms with Gasteiger partial charge in [0.25, 0.3) is 0 Å². The summed E-state index contributed by atoms with van der Waals surface area (Å²) < 4.78 is 25.6. The van der Waals surface area contributed by atoms with Gasteiger partial charge in [-0.2, -0.15) is 0 Å². The molecule has 0 aliphatic rings. The molecular formula is C8H8ClF2N. The van der Waals surface area contributed by atoms with Crippen LogP contribution in [-0.2, 0) is 6.54 Å². The van der Waals surface area contributed by atoms with E-state index in [1.807, 2.05) is 0 Å². The fourth-order valence-corrected chi connectivity index (χ4v) is 1.16. The fourth-order valence-electron chi connectivity index (χ4n) is 0.928. The first-order valence-electron chi connectivity index (χ1n) is 3.43. The number of nitrogens with one attached hydrogen (secondary N) is 1. The van der Waals surface area contributed by atoms with Crippen molar-refractivity contribution in [3.05, 3.63) is 34.4 Å². The van der Waals surface area contributed by atoms with Gasteiger partial charge in [0.2, 0.25) is 0 Å². The van der Waals surface area contributed by atoms with Gasteiger partial charge in [0.1, 0.15) is 0 Å². The molecule has 0 atom stereocenters. The largest absolute Gasteiger partial charge is 0.316 e. The van der Waals surface area contributed by atoms with Crippen molar-refractivity contribution in [2.45, 2.75) is 6.54 Å². The molecule has 0 saturated carbocycles. The first-order chi connectivity index (χ1) is 5.65. The van der Waals surface area contributed by atoms with E-state index in [1.165, 1.54) is 6.07 Å². The molecule has 66 valence electrons. The minimum atomic E-state index is -0.909. The van der Waals surface area contributed by atoms with Crippen LogP contribution in [0, 0.1) is 11.6 Å². The summed E-state index contributed by atoms with van der Waals surface area (Å²) in [5.74, 6) is -1.75. The number of halogens is 3. The molecular weight excluding hydrogens is 184 g/mol. The van der Waals surface area contributed by atoms with Gasteiger partial charge in [0, 0.05) is 17.1 Å². The molecule has 1 rings (SSSR count). The second kappa shape index (κ2) is 3.83. The van der Waals surface area contributed by atoms with Crippen molar-refractivity contribution in [1.82, 2.24) is 5.32 Å². The van der Waals surface area contributed by atoms with Crippen LogP contribution in [0.1, 0.15) is 5.56 Å². The van der Waals surface area contributed by atoms with Crippen LogP contribution in [0.4, 0.5) is 8.78 Å². The maximum Gasteiger partial charge on any atom is 0.163 e. The molecule has 0 fully saturated rings. The van der Waals surface area contributed by atoms with Crippen molar-refractivity contribution in [2.24, 2.45) is 0 Å². The third kappa shape index (κ3) is 1.93. The summed E-state index contributed by atoms with van der Waals surface area (Å²) >= 11 is 5.52. The Morgan fingerprint density at radius 1 is 1.42 bits per heavy atom. The van der Waals surface area contributed by atoms with Gasteiger partial charge < -0.3 is 5.32 Å². The normalized spacial score (nSPS) is 10.3. The summed E-state index contributed by atoms with van der Waals surface area (Å²) in [5.41, 5.74) is 0.238. The molecule has 0 amide bonds. The second-order valence-corrected chi connectivity index (χ2v) is 2.83. The molecule has 0 saturated heterocycles. The Labute approximate surface area is 74.3 Å². The van der Waals surface area contributed by atoms with Crippen molar-refractivity contribution >= 4 is 11.6 Å². The zero-order valence-corrected chi connectivity index (χ0v) is 7.25. The Bertz CT molecular complexity index is 289. The average molecular weight is 192 g/mol. The lowest BCUT2D eigenvalue weighted by molar-refractivity contribution is 0.496. The average Bonchev–Trinajstić information content (AvgIpc) is 2.00. The third-order valence-corrected chi connectivity index (χ3v) is 1.65. The van der Waals surface area contributed by atoms with Crippen LogP contribution in [0.2, 0.25) is 5.02 Å². The molecule has 1 aromatic carbocycles. The smallest absolute Gasteiger partial charge is 0.163 e.